The van der Waals surface area contributed by atoms with Crippen LogP contribution < -0.4 is 0 Å². The van der Waals surface area contributed by atoms with Crippen molar-refractivity contribution in [3.63, 3.8) is 0 Å². The van der Waals surface area contributed by atoms with E-state index in [1.54, 1.807) is 0 Å². The van der Waals surface area contributed by atoms with Crippen molar-refractivity contribution in [3.8, 4) is 0 Å². The van der Waals surface area contributed by atoms with Gasteiger partial charge in [-0.2, -0.15) is 0 Å². The van der Waals surface area contributed by atoms with Crippen molar-refractivity contribution in [3.05, 3.63) is 0 Å². The molecule has 1 N–H and O–H groups in total. The van der Waals surface area contributed by atoms with E-state index in [4.69, 9.17) is 5.11 Å². The second-order valence-corrected chi connectivity index (χ2v) is 3.18. The molecule has 1 fully saturated rings. The van der Waals surface area contributed by atoms with Gasteiger partial charge in [-0.15, -0.1) is 0 Å². The second-order valence-electron chi connectivity index (χ2n) is 3.18. The number of hydrogen-bond donors (Lipinski definition) is 1. The molecule has 1 saturated heterocycles. The number of nitrogens with zero attached hydrogens (tertiary/aromatic N) is 1. The molecular weight excluding hydrogens is 186 g/mol. The number of likely N-dealkylation sites (N-methyl/N-ethyl adjacent to an activating group) is 1. The van der Waals surface area contributed by atoms with E-state index in [1.807, 2.05) is 41.5 Å². The largest absolute Gasteiger partial charge is 0.394 e. The molecule has 2 heteroatoms. The fourth-order valence-electron chi connectivity index (χ4n) is 1.36. The smallest absolute Gasteiger partial charge is 0.0612 e. The average molecular weight is 219 g/mol. The number of aliphatic hydroxyl groups is 1. The van der Waals surface area contributed by atoms with Gasteiger partial charge in [-0.05, 0) is 33.4 Å². The standard InChI is InChI=1S/C7H15NO.3C2H6/c1-7(6-9)4-3-5-8(7)2;3*1-2/h9H,3-6H2,1-2H3;3*1-2H3. The van der Waals surface area contributed by atoms with Gasteiger partial charge in [-0.25, -0.2) is 0 Å². The lowest BCUT2D eigenvalue weighted by molar-refractivity contribution is 0.100. The molecule has 0 spiro atoms. The fraction of sp³-hybridized carbons (Fsp3) is 1.00. The third-order valence-electron chi connectivity index (χ3n) is 2.47. The summed E-state index contributed by atoms with van der Waals surface area (Å²) < 4.78 is 0. The lowest BCUT2D eigenvalue weighted by Crippen LogP contribution is -2.41. The number of rotatable bonds is 1. The van der Waals surface area contributed by atoms with Gasteiger partial charge in [-0.1, -0.05) is 41.5 Å². The van der Waals surface area contributed by atoms with Gasteiger partial charge in [0, 0.05) is 5.54 Å². The number of aliphatic hydroxyl groups excluding tert-OH is 1. The van der Waals surface area contributed by atoms with Crippen molar-refractivity contribution >= 4 is 0 Å². The van der Waals surface area contributed by atoms with Crippen LogP contribution in [0.25, 0.3) is 0 Å². The van der Waals surface area contributed by atoms with Gasteiger partial charge in [-0.3, -0.25) is 4.90 Å². The van der Waals surface area contributed by atoms with Crippen molar-refractivity contribution in [1.29, 1.82) is 0 Å². The quantitative estimate of drug-likeness (QED) is 0.729. The minimum atomic E-state index is 0.0833. The van der Waals surface area contributed by atoms with E-state index < -0.39 is 0 Å². The maximum absolute atomic E-state index is 8.95. The molecule has 0 aromatic carbocycles. The number of hydrogen-bond acceptors (Lipinski definition) is 2. The summed E-state index contributed by atoms with van der Waals surface area (Å²) >= 11 is 0. The Kier molecular flexibility index (Phi) is 18.9. The molecule has 15 heavy (non-hydrogen) atoms. The zero-order valence-corrected chi connectivity index (χ0v) is 12.2. The van der Waals surface area contributed by atoms with Gasteiger partial charge in [0.25, 0.3) is 0 Å². The Morgan fingerprint density at radius 2 is 1.47 bits per heavy atom. The van der Waals surface area contributed by atoms with Gasteiger partial charge in [0.2, 0.25) is 0 Å². The molecular formula is C13H33NO. The van der Waals surface area contributed by atoms with E-state index in [0.29, 0.717) is 6.61 Å². The lowest BCUT2D eigenvalue weighted by Gasteiger charge is -2.29. The Morgan fingerprint density at radius 1 is 1.07 bits per heavy atom. The molecule has 2 nitrogen and oxygen atoms in total. The molecule has 1 aliphatic heterocycles. The van der Waals surface area contributed by atoms with Crippen LogP contribution in [0, 0.1) is 0 Å². The molecule has 1 atom stereocenters. The maximum Gasteiger partial charge on any atom is 0.0612 e. The predicted octanol–water partition coefficient (Wildman–Crippen LogP) is 3.54. The van der Waals surface area contributed by atoms with Crippen molar-refractivity contribution in [2.45, 2.75) is 66.8 Å². The van der Waals surface area contributed by atoms with Crippen LogP contribution in [0.4, 0.5) is 0 Å². The number of likely N-dealkylation sites (tertiary alicyclic amines) is 1. The third-order valence-corrected chi connectivity index (χ3v) is 2.47. The third kappa shape index (κ3) is 7.80. The lowest BCUT2D eigenvalue weighted by atomic mass is 10.0. The SMILES string of the molecule is CC.CC.CC.CN1CCCC1(C)CO. The minimum absolute atomic E-state index is 0.0833. The topological polar surface area (TPSA) is 23.5 Å². The van der Waals surface area contributed by atoms with Crippen LogP contribution in [0.3, 0.4) is 0 Å². The summed E-state index contributed by atoms with van der Waals surface area (Å²) in [6, 6.07) is 0. The molecule has 0 bridgehead atoms. The van der Waals surface area contributed by atoms with E-state index in [2.05, 4.69) is 18.9 Å². The Labute approximate surface area is 97.7 Å². The summed E-state index contributed by atoms with van der Waals surface area (Å²) in [5.41, 5.74) is 0.0833. The fourth-order valence-corrected chi connectivity index (χ4v) is 1.36. The van der Waals surface area contributed by atoms with E-state index in [-0.39, 0.29) is 5.54 Å². The first-order chi connectivity index (χ1) is 7.19. The Bertz CT molecular complexity index is 107. The zero-order valence-electron chi connectivity index (χ0n) is 12.2. The first-order valence-corrected chi connectivity index (χ1v) is 6.51. The molecule has 96 valence electrons. The summed E-state index contributed by atoms with van der Waals surface area (Å²) in [4.78, 5) is 2.23. The average Bonchev–Trinajstić information content (AvgIpc) is 2.68. The van der Waals surface area contributed by atoms with Gasteiger partial charge in [0.05, 0.1) is 6.61 Å². The maximum atomic E-state index is 8.95. The van der Waals surface area contributed by atoms with E-state index >= 15 is 0 Å². The van der Waals surface area contributed by atoms with Gasteiger partial charge < -0.3 is 5.11 Å². The van der Waals surface area contributed by atoms with Gasteiger partial charge in [0.1, 0.15) is 0 Å². The summed E-state index contributed by atoms with van der Waals surface area (Å²) in [6.07, 6.45) is 2.37. The highest BCUT2D eigenvalue weighted by Gasteiger charge is 2.32. The van der Waals surface area contributed by atoms with Crippen LogP contribution in [-0.2, 0) is 0 Å². The van der Waals surface area contributed by atoms with Crippen molar-refractivity contribution < 1.29 is 5.11 Å². The van der Waals surface area contributed by atoms with Crippen LogP contribution in [-0.4, -0.2) is 35.7 Å². The van der Waals surface area contributed by atoms with Crippen LogP contribution in [0.15, 0.2) is 0 Å². The molecule has 0 saturated carbocycles. The van der Waals surface area contributed by atoms with Crippen molar-refractivity contribution in [2.24, 2.45) is 0 Å². The zero-order chi connectivity index (χ0) is 12.9. The van der Waals surface area contributed by atoms with Gasteiger partial charge >= 0.3 is 0 Å². The highest BCUT2D eigenvalue weighted by molar-refractivity contribution is 4.88. The summed E-state index contributed by atoms with van der Waals surface area (Å²) in [6.45, 7) is 15.5. The van der Waals surface area contributed by atoms with Crippen LogP contribution in [0.5, 0.6) is 0 Å². The predicted molar refractivity (Wildman–Crippen MR) is 71.4 cm³/mol. The highest BCUT2D eigenvalue weighted by Crippen LogP contribution is 2.25. The molecule has 1 unspecified atom stereocenters. The molecule has 0 amide bonds. The van der Waals surface area contributed by atoms with Crippen molar-refractivity contribution in [2.75, 3.05) is 20.2 Å². The van der Waals surface area contributed by atoms with Crippen LogP contribution in [0.1, 0.15) is 61.3 Å². The molecule has 0 aromatic heterocycles. The second kappa shape index (κ2) is 13.9. The molecule has 0 radical (unpaired) electrons. The van der Waals surface area contributed by atoms with Crippen LogP contribution in [0.2, 0.25) is 0 Å². The Hall–Kier alpha value is -0.0800. The monoisotopic (exact) mass is 219 g/mol. The normalized spacial score (nSPS) is 23.8. The summed E-state index contributed by atoms with van der Waals surface area (Å²) in [5, 5.41) is 8.95. The van der Waals surface area contributed by atoms with E-state index in [9.17, 15) is 0 Å². The molecule has 0 aliphatic carbocycles. The van der Waals surface area contributed by atoms with Crippen molar-refractivity contribution in [1.82, 2.24) is 4.90 Å². The molecule has 0 aromatic rings. The molecule has 1 heterocycles. The first kappa shape index (κ1) is 20.3. The van der Waals surface area contributed by atoms with E-state index in [0.717, 1.165) is 13.0 Å². The van der Waals surface area contributed by atoms with Crippen LogP contribution >= 0.6 is 0 Å². The Morgan fingerprint density at radius 3 is 1.60 bits per heavy atom. The summed E-state index contributed by atoms with van der Waals surface area (Å²) in [7, 11) is 2.07. The van der Waals surface area contributed by atoms with Gasteiger partial charge in [0.15, 0.2) is 0 Å². The molecule has 1 aliphatic rings. The minimum Gasteiger partial charge on any atom is -0.394 e. The summed E-state index contributed by atoms with van der Waals surface area (Å²) in [5.74, 6) is 0. The highest BCUT2D eigenvalue weighted by atomic mass is 16.3. The first-order valence-electron chi connectivity index (χ1n) is 6.51. The molecule has 1 rings (SSSR count). The Balaban J connectivity index is -0.000000208. The van der Waals surface area contributed by atoms with E-state index in [1.165, 1.54) is 6.42 Å².